The Hall–Kier alpha value is -1.04. The Morgan fingerprint density at radius 1 is 1.38 bits per heavy atom. The molecule has 3 nitrogen and oxygen atoms in total. The van der Waals surface area contributed by atoms with Crippen LogP contribution in [0.2, 0.25) is 0 Å². The van der Waals surface area contributed by atoms with Crippen LogP contribution in [0.4, 0.5) is 13.2 Å². The van der Waals surface area contributed by atoms with Gasteiger partial charge in [-0.15, -0.1) is 0 Å². The molecule has 1 aromatic rings. The summed E-state index contributed by atoms with van der Waals surface area (Å²) in [6, 6.07) is 0.999. The molecule has 1 N–H and O–H groups in total. The molecule has 0 saturated heterocycles. The van der Waals surface area contributed by atoms with Gasteiger partial charge in [0.2, 0.25) is 0 Å². The number of aromatic nitrogens is 2. The van der Waals surface area contributed by atoms with Crippen LogP contribution in [-0.4, -0.2) is 22.9 Å². The van der Waals surface area contributed by atoms with Gasteiger partial charge in [-0.3, -0.25) is 4.68 Å². The summed E-state index contributed by atoms with van der Waals surface area (Å²) in [6.45, 7) is 4.31. The van der Waals surface area contributed by atoms with Crippen molar-refractivity contribution in [2.45, 2.75) is 32.5 Å². The minimum absolute atomic E-state index is 0.507. The maximum Gasteiger partial charge on any atom is 0.435 e. The number of hydrogen-bond acceptors (Lipinski definition) is 2. The second-order valence-electron chi connectivity index (χ2n) is 3.57. The van der Waals surface area contributed by atoms with E-state index in [9.17, 15) is 13.2 Å². The zero-order valence-electron chi connectivity index (χ0n) is 9.22. The highest BCUT2D eigenvalue weighted by molar-refractivity contribution is 5.03. The van der Waals surface area contributed by atoms with E-state index in [1.165, 1.54) is 10.9 Å². The van der Waals surface area contributed by atoms with E-state index in [0.29, 0.717) is 6.54 Å². The molecule has 0 aliphatic rings. The van der Waals surface area contributed by atoms with Gasteiger partial charge < -0.3 is 5.32 Å². The van der Waals surface area contributed by atoms with Gasteiger partial charge in [-0.05, 0) is 32.0 Å². The lowest BCUT2D eigenvalue weighted by molar-refractivity contribution is -0.141. The zero-order valence-corrected chi connectivity index (χ0v) is 9.22. The van der Waals surface area contributed by atoms with Crippen LogP contribution in [0.5, 0.6) is 0 Å². The van der Waals surface area contributed by atoms with E-state index in [0.717, 1.165) is 32.0 Å². The summed E-state index contributed by atoms with van der Waals surface area (Å²) >= 11 is 0. The maximum absolute atomic E-state index is 12.2. The van der Waals surface area contributed by atoms with Gasteiger partial charge in [0, 0.05) is 12.7 Å². The first-order valence-electron chi connectivity index (χ1n) is 5.35. The number of aryl methyl sites for hydroxylation is 1. The largest absolute Gasteiger partial charge is 0.435 e. The molecule has 0 bridgehead atoms. The van der Waals surface area contributed by atoms with Gasteiger partial charge in [0.1, 0.15) is 0 Å². The first kappa shape index (κ1) is 13.0. The highest BCUT2D eigenvalue weighted by atomic mass is 19.4. The Morgan fingerprint density at radius 3 is 2.69 bits per heavy atom. The lowest BCUT2D eigenvalue weighted by Gasteiger charge is -2.04. The van der Waals surface area contributed by atoms with Crippen molar-refractivity contribution < 1.29 is 13.2 Å². The average Bonchev–Trinajstić information content (AvgIpc) is 2.65. The summed E-state index contributed by atoms with van der Waals surface area (Å²) in [5.41, 5.74) is -0.825. The number of nitrogens with zero attached hydrogens (tertiary/aromatic N) is 2. The fourth-order valence-corrected chi connectivity index (χ4v) is 1.31. The highest BCUT2D eigenvalue weighted by Gasteiger charge is 2.33. The molecule has 1 aromatic heterocycles. The van der Waals surface area contributed by atoms with Gasteiger partial charge in [0.15, 0.2) is 5.69 Å². The molecular formula is C10H16F3N3. The van der Waals surface area contributed by atoms with Crippen molar-refractivity contribution in [1.29, 1.82) is 0 Å². The van der Waals surface area contributed by atoms with Crippen LogP contribution < -0.4 is 5.32 Å². The summed E-state index contributed by atoms with van der Waals surface area (Å²) in [7, 11) is 0. The van der Waals surface area contributed by atoms with Gasteiger partial charge in [-0.2, -0.15) is 18.3 Å². The maximum atomic E-state index is 12.2. The van der Waals surface area contributed by atoms with E-state index in [1.54, 1.807) is 0 Å². The van der Waals surface area contributed by atoms with Crippen LogP contribution >= 0.6 is 0 Å². The molecule has 1 rings (SSSR count). The molecular weight excluding hydrogens is 219 g/mol. The molecule has 0 aliphatic heterocycles. The lowest BCUT2D eigenvalue weighted by Crippen LogP contribution is -2.18. The summed E-state index contributed by atoms with van der Waals surface area (Å²) in [4.78, 5) is 0. The predicted octanol–water partition coefficient (Wildman–Crippen LogP) is 2.29. The van der Waals surface area contributed by atoms with E-state index in [4.69, 9.17) is 0 Å². The summed E-state index contributed by atoms with van der Waals surface area (Å²) in [6.07, 6.45) is -1.15. The number of nitrogens with one attached hydrogen (secondary N) is 1. The van der Waals surface area contributed by atoms with Crippen molar-refractivity contribution in [3.63, 3.8) is 0 Å². The molecule has 16 heavy (non-hydrogen) atoms. The van der Waals surface area contributed by atoms with Crippen LogP contribution in [0.1, 0.15) is 25.5 Å². The van der Waals surface area contributed by atoms with Gasteiger partial charge >= 0.3 is 6.18 Å². The second-order valence-corrected chi connectivity index (χ2v) is 3.57. The third-order valence-electron chi connectivity index (χ3n) is 2.10. The average molecular weight is 235 g/mol. The van der Waals surface area contributed by atoms with Gasteiger partial charge in [0.25, 0.3) is 0 Å². The van der Waals surface area contributed by atoms with Crippen molar-refractivity contribution >= 4 is 0 Å². The second kappa shape index (κ2) is 5.89. The number of alkyl halides is 3. The smallest absolute Gasteiger partial charge is 0.317 e. The first-order valence-corrected chi connectivity index (χ1v) is 5.35. The Bertz CT molecular complexity index is 307. The topological polar surface area (TPSA) is 29.9 Å². The molecule has 0 saturated carbocycles. The van der Waals surface area contributed by atoms with E-state index in [1.807, 2.05) is 0 Å². The van der Waals surface area contributed by atoms with Crippen molar-refractivity contribution in [3.05, 3.63) is 18.0 Å². The summed E-state index contributed by atoms with van der Waals surface area (Å²) < 4.78 is 37.9. The van der Waals surface area contributed by atoms with Crippen molar-refractivity contribution in [2.75, 3.05) is 13.1 Å². The predicted molar refractivity (Wildman–Crippen MR) is 55.0 cm³/mol. The lowest BCUT2D eigenvalue weighted by atomic mass is 10.4. The van der Waals surface area contributed by atoms with Crippen LogP contribution in [0.15, 0.2) is 12.3 Å². The van der Waals surface area contributed by atoms with E-state index >= 15 is 0 Å². The van der Waals surface area contributed by atoms with Crippen LogP contribution in [0.25, 0.3) is 0 Å². The summed E-state index contributed by atoms with van der Waals surface area (Å²) in [5.74, 6) is 0. The third kappa shape index (κ3) is 4.22. The molecule has 0 spiro atoms. The standard InChI is InChI=1S/C10H16F3N3/c1-2-5-14-6-3-7-16-8-4-9(15-16)10(11,12)13/h4,8,14H,2-3,5-7H2,1H3. The van der Waals surface area contributed by atoms with E-state index < -0.39 is 11.9 Å². The molecule has 0 atom stereocenters. The molecule has 0 aromatic carbocycles. The third-order valence-corrected chi connectivity index (χ3v) is 2.10. The van der Waals surface area contributed by atoms with Crippen LogP contribution in [0, 0.1) is 0 Å². The summed E-state index contributed by atoms with van der Waals surface area (Å²) in [5, 5.41) is 6.64. The van der Waals surface area contributed by atoms with Crippen molar-refractivity contribution in [3.8, 4) is 0 Å². The van der Waals surface area contributed by atoms with E-state index in [2.05, 4.69) is 17.3 Å². The minimum atomic E-state index is -4.34. The Kier molecular flexibility index (Phi) is 4.79. The number of halogens is 3. The first-order chi connectivity index (χ1) is 7.54. The van der Waals surface area contributed by atoms with Gasteiger partial charge in [0.05, 0.1) is 0 Å². The van der Waals surface area contributed by atoms with Crippen molar-refractivity contribution in [1.82, 2.24) is 15.1 Å². The monoisotopic (exact) mass is 235 g/mol. The number of rotatable bonds is 6. The number of hydrogen-bond donors (Lipinski definition) is 1. The molecule has 0 fully saturated rings. The Labute approximate surface area is 92.6 Å². The quantitative estimate of drug-likeness (QED) is 0.767. The molecule has 0 unspecified atom stereocenters. The normalized spacial score (nSPS) is 12.0. The van der Waals surface area contributed by atoms with Crippen molar-refractivity contribution in [2.24, 2.45) is 0 Å². The van der Waals surface area contributed by atoms with Crippen LogP contribution in [0.3, 0.4) is 0 Å². The SMILES string of the molecule is CCCNCCCn1ccc(C(F)(F)F)n1. The Morgan fingerprint density at radius 2 is 2.12 bits per heavy atom. The minimum Gasteiger partial charge on any atom is -0.317 e. The zero-order chi connectivity index (χ0) is 12.0. The molecule has 1 heterocycles. The van der Waals surface area contributed by atoms with Gasteiger partial charge in [-0.1, -0.05) is 6.92 Å². The molecule has 0 aliphatic carbocycles. The van der Waals surface area contributed by atoms with Gasteiger partial charge in [-0.25, -0.2) is 0 Å². The Balaban J connectivity index is 2.30. The molecule has 0 radical (unpaired) electrons. The van der Waals surface area contributed by atoms with Crippen LogP contribution in [-0.2, 0) is 12.7 Å². The van der Waals surface area contributed by atoms with E-state index in [-0.39, 0.29) is 0 Å². The molecule has 0 amide bonds. The fourth-order valence-electron chi connectivity index (χ4n) is 1.31. The fraction of sp³-hybridized carbons (Fsp3) is 0.700. The highest BCUT2D eigenvalue weighted by Crippen LogP contribution is 2.27. The molecule has 92 valence electrons. The molecule has 6 heteroatoms.